The highest BCUT2D eigenvalue weighted by Gasteiger charge is 1.86. The minimum atomic E-state index is 0.189. The van der Waals surface area contributed by atoms with E-state index in [1.165, 1.54) is 12.1 Å². The summed E-state index contributed by atoms with van der Waals surface area (Å²) in [5.74, 6) is 0.189. The van der Waals surface area contributed by atoms with Gasteiger partial charge in [-0.25, -0.2) is 0 Å². The van der Waals surface area contributed by atoms with Gasteiger partial charge in [0.1, 0.15) is 5.75 Å². The third-order valence-electron chi connectivity index (χ3n) is 0.996. The van der Waals surface area contributed by atoms with Crippen LogP contribution in [0.3, 0.4) is 0 Å². The Balaban J connectivity index is 0.000000354. The molecule has 3 nitrogen and oxygen atoms in total. The molecule has 1 aromatic carbocycles. The Morgan fingerprint density at radius 3 is 2.00 bits per heavy atom. The van der Waals surface area contributed by atoms with Gasteiger partial charge in [0.2, 0.25) is 0 Å². The SMILES string of the molecule is COC.N#Cc1ccc(O)cc1. The fourth-order valence-corrected chi connectivity index (χ4v) is 0.536. The van der Waals surface area contributed by atoms with E-state index in [1.807, 2.05) is 6.07 Å². The van der Waals surface area contributed by atoms with Gasteiger partial charge in [-0.15, -0.1) is 0 Å². The monoisotopic (exact) mass is 165 g/mol. The summed E-state index contributed by atoms with van der Waals surface area (Å²) in [5.41, 5.74) is 0.563. The topological polar surface area (TPSA) is 53.2 Å². The molecule has 1 N–H and O–H groups in total. The van der Waals surface area contributed by atoms with Crippen molar-refractivity contribution in [3.05, 3.63) is 29.8 Å². The van der Waals surface area contributed by atoms with Crippen LogP contribution in [-0.2, 0) is 4.74 Å². The number of hydrogen-bond donors (Lipinski definition) is 1. The first-order chi connectivity index (χ1) is 5.74. The Morgan fingerprint density at radius 2 is 1.67 bits per heavy atom. The number of aromatic hydroxyl groups is 1. The van der Waals surface area contributed by atoms with Gasteiger partial charge in [-0.2, -0.15) is 5.26 Å². The van der Waals surface area contributed by atoms with Gasteiger partial charge in [-0.1, -0.05) is 0 Å². The summed E-state index contributed by atoms with van der Waals surface area (Å²) in [6.07, 6.45) is 0. The van der Waals surface area contributed by atoms with E-state index in [9.17, 15) is 0 Å². The van der Waals surface area contributed by atoms with Crippen LogP contribution in [-0.4, -0.2) is 19.3 Å². The molecule has 0 fully saturated rings. The van der Waals surface area contributed by atoms with Gasteiger partial charge in [0.05, 0.1) is 11.6 Å². The predicted molar refractivity (Wildman–Crippen MR) is 45.8 cm³/mol. The van der Waals surface area contributed by atoms with Crippen molar-refractivity contribution in [2.24, 2.45) is 0 Å². The molecule has 0 radical (unpaired) electrons. The number of benzene rings is 1. The number of hydrogen-bond acceptors (Lipinski definition) is 3. The normalized spacial score (nSPS) is 7.75. The van der Waals surface area contributed by atoms with Crippen molar-refractivity contribution in [1.29, 1.82) is 5.26 Å². The molecule has 0 saturated carbocycles. The van der Waals surface area contributed by atoms with Crippen LogP contribution in [0.25, 0.3) is 0 Å². The maximum absolute atomic E-state index is 8.74. The zero-order chi connectivity index (χ0) is 9.40. The van der Waals surface area contributed by atoms with E-state index >= 15 is 0 Å². The number of methoxy groups -OCH3 is 1. The quantitative estimate of drug-likeness (QED) is 0.634. The first-order valence-electron chi connectivity index (χ1n) is 3.34. The lowest BCUT2D eigenvalue weighted by Crippen LogP contribution is -1.69. The molecule has 0 aliphatic rings. The average Bonchev–Trinajstić information content (AvgIpc) is 2.07. The molecule has 0 atom stereocenters. The second kappa shape index (κ2) is 6.20. The van der Waals surface area contributed by atoms with Gasteiger partial charge in [-0.05, 0) is 24.3 Å². The lowest BCUT2D eigenvalue weighted by atomic mass is 10.2. The Labute approximate surface area is 71.8 Å². The van der Waals surface area contributed by atoms with E-state index in [4.69, 9.17) is 10.4 Å². The number of rotatable bonds is 0. The molecule has 12 heavy (non-hydrogen) atoms. The summed E-state index contributed by atoms with van der Waals surface area (Å²) in [7, 11) is 3.25. The summed E-state index contributed by atoms with van der Waals surface area (Å²) in [6.45, 7) is 0. The van der Waals surface area contributed by atoms with Crippen LogP contribution in [0.2, 0.25) is 0 Å². The third-order valence-corrected chi connectivity index (χ3v) is 0.996. The molecule has 0 spiro atoms. The highest BCUT2D eigenvalue weighted by molar-refractivity contribution is 5.33. The summed E-state index contributed by atoms with van der Waals surface area (Å²) < 4.78 is 4.25. The standard InChI is InChI=1S/C7H5NO.C2H6O/c8-5-6-1-3-7(9)4-2-6;1-3-2/h1-4,9H;1-2H3. The van der Waals surface area contributed by atoms with Gasteiger partial charge in [0.25, 0.3) is 0 Å². The van der Waals surface area contributed by atoms with Crippen molar-refractivity contribution in [3.63, 3.8) is 0 Å². The highest BCUT2D eigenvalue weighted by Crippen LogP contribution is 2.07. The summed E-state index contributed by atoms with van der Waals surface area (Å²) in [4.78, 5) is 0. The second-order valence-electron chi connectivity index (χ2n) is 2.07. The number of nitriles is 1. The molecule has 0 unspecified atom stereocenters. The van der Waals surface area contributed by atoms with Crippen molar-refractivity contribution in [1.82, 2.24) is 0 Å². The Morgan fingerprint density at radius 1 is 1.25 bits per heavy atom. The van der Waals surface area contributed by atoms with Crippen molar-refractivity contribution in [2.45, 2.75) is 0 Å². The third kappa shape index (κ3) is 4.31. The van der Waals surface area contributed by atoms with Crippen LogP contribution >= 0.6 is 0 Å². The molecule has 3 heteroatoms. The molecular formula is C9H11NO2. The van der Waals surface area contributed by atoms with E-state index < -0.39 is 0 Å². The summed E-state index contributed by atoms with van der Waals surface area (Å²) >= 11 is 0. The molecule has 0 saturated heterocycles. The lowest BCUT2D eigenvalue weighted by Gasteiger charge is -1.87. The summed E-state index contributed by atoms with van der Waals surface area (Å²) in [5, 5.41) is 17.0. The van der Waals surface area contributed by atoms with Gasteiger partial charge in [0, 0.05) is 14.2 Å². The maximum atomic E-state index is 8.74. The minimum Gasteiger partial charge on any atom is -0.508 e. The molecule has 1 rings (SSSR count). The summed E-state index contributed by atoms with van der Waals surface area (Å²) in [6, 6.07) is 8.04. The number of ether oxygens (including phenoxy) is 1. The fourth-order valence-electron chi connectivity index (χ4n) is 0.536. The Bertz CT molecular complexity index is 248. The molecule has 0 aliphatic carbocycles. The first kappa shape index (κ1) is 10.5. The molecule has 0 heterocycles. The molecule has 0 bridgehead atoms. The van der Waals surface area contributed by atoms with Gasteiger partial charge in [-0.3, -0.25) is 0 Å². The molecular weight excluding hydrogens is 154 g/mol. The van der Waals surface area contributed by atoms with Gasteiger partial charge in [0.15, 0.2) is 0 Å². The molecule has 0 aromatic heterocycles. The van der Waals surface area contributed by atoms with Crippen LogP contribution < -0.4 is 0 Å². The Hall–Kier alpha value is -1.53. The average molecular weight is 165 g/mol. The van der Waals surface area contributed by atoms with Crippen molar-refractivity contribution < 1.29 is 9.84 Å². The minimum absolute atomic E-state index is 0.189. The van der Waals surface area contributed by atoms with Crippen LogP contribution in [0.15, 0.2) is 24.3 Å². The van der Waals surface area contributed by atoms with E-state index in [0.717, 1.165) is 0 Å². The Kier molecular flexibility index (Phi) is 5.41. The zero-order valence-electron chi connectivity index (χ0n) is 7.11. The zero-order valence-corrected chi connectivity index (χ0v) is 7.11. The smallest absolute Gasteiger partial charge is 0.115 e. The number of phenols is 1. The van der Waals surface area contributed by atoms with Crippen LogP contribution in [0.1, 0.15) is 5.56 Å². The molecule has 64 valence electrons. The van der Waals surface area contributed by atoms with E-state index in [1.54, 1.807) is 26.4 Å². The molecule has 1 aromatic rings. The van der Waals surface area contributed by atoms with Crippen LogP contribution in [0, 0.1) is 11.3 Å². The number of phenolic OH excluding ortho intramolecular Hbond substituents is 1. The maximum Gasteiger partial charge on any atom is 0.115 e. The first-order valence-corrected chi connectivity index (χ1v) is 3.34. The molecule has 0 aliphatic heterocycles. The van der Waals surface area contributed by atoms with E-state index in [0.29, 0.717) is 5.56 Å². The predicted octanol–water partition coefficient (Wildman–Crippen LogP) is 1.53. The lowest BCUT2D eigenvalue weighted by molar-refractivity contribution is 0.277. The fraction of sp³-hybridized carbons (Fsp3) is 0.222. The molecule has 0 amide bonds. The van der Waals surface area contributed by atoms with Crippen LogP contribution in [0.5, 0.6) is 5.75 Å². The van der Waals surface area contributed by atoms with E-state index in [2.05, 4.69) is 4.74 Å². The van der Waals surface area contributed by atoms with Gasteiger partial charge >= 0.3 is 0 Å². The van der Waals surface area contributed by atoms with Crippen molar-refractivity contribution >= 4 is 0 Å². The van der Waals surface area contributed by atoms with Gasteiger partial charge < -0.3 is 9.84 Å². The van der Waals surface area contributed by atoms with E-state index in [-0.39, 0.29) is 5.75 Å². The largest absolute Gasteiger partial charge is 0.508 e. The second-order valence-corrected chi connectivity index (χ2v) is 2.07. The van der Waals surface area contributed by atoms with Crippen molar-refractivity contribution in [3.8, 4) is 11.8 Å². The van der Waals surface area contributed by atoms with Crippen molar-refractivity contribution in [2.75, 3.05) is 14.2 Å². The van der Waals surface area contributed by atoms with Crippen LogP contribution in [0.4, 0.5) is 0 Å². The number of nitrogens with zero attached hydrogens (tertiary/aromatic N) is 1. The highest BCUT2D eigenvalue weighted by atomic mass is 16.4.